The number of hydrogen-bond donors (Lipinski definition) is 3. The van der Waals surface area contributed by atoms with Crippen LogP contribution < -0.4 is 5.32 Å². The molecule has 1 aromatic rings. The van der Waals surface area contributed by atoms with Crippen molar-refractivity contribution in [2.75, 3.05) is 13.6 Å². The average molecular weight is 236 g/mol. The lowest BCUT2D eigenvalue weighted by atomic mass is 10.0. The summed E-state index contributed by atoms with van der Waals surface area (Å²) in [7, 11) is 1.88. The molecule has 0 aromatic carbocycles. The summed E-state index contributed by atoms with van der Waals surface area (Å²) in [6.45, 7) is 1.45. The van der Waals surface area contributed by atoms with E-state index in [0.717, 1.165) is 24.1 Å². The molecule has 0 amide bonds. The van der Waals surface area contributed by atoms with E-state index in [1.807, 2.05) is 19.2 Å². The largest absolute Gasteiger partial charge is 0.494 e. The van der Waals surface area contributed by atoms with E-state index in [0.29, 0.717) is 6.54 Å². The fraction of sp³-hybridized carbons (Fsp3) is 0.500. The Morgan fingerprint density at radius 2 is 1.82 bits per heavy atom. The van der Waals surface area contributed by atoms with Crippen molar-refractivity contribution in [3.63, 3.8) is 0 Å². The minimum absolute atomic E-state index is 0.144. The van der Waals surface area contributed by atoms with Crippen LogP contribution in [0.15, 0.2) is 12.2 Å². The van der Waals surface area contributed by atoms with Crippen LogP contribution in [0.4, 0.5) is 0 Å². The molecule has 3 N–H and O–H groups in total. The van der Waals surface area contributed by atoms with Gasteiger partial charge >= 0.3 is 0 Å². The Morgan fingerprint density at radius 3 is 2.35 bits per heavy atom. The standard InChI is InChI=1S/C12H16N2O3/c1-13-5-2-6-14-11(15)9-7-3-4-8(17-7)10(9)12(14)16/h3-4,7-8,13,15-16H,2,5-6H2,1H3. The van der Waals surface area contributed by atoms with Crippen LogP contribution in [0, 0.1) is 0 Å². The van der Waals surface area contributed by atoms with Gasteiger partial charge in [0.05, 0.1) is 11.1 Å². The maximum absolute atomic E-state index is 10.1. The summed E-state index contributed by atoms with van der Waals surface area (Å²) in [4.78, 5) is 0. The SMILES string of the molecule is CNCCCn1c(O)c2c(c1O)C1C=CC2O1. The Kier molecular flexibility index (Phi) is 2.38. The number of rotatable bonds is 4. The Hall–Kier alpha value is -1.46. The van der Waals surface area contributed by atoms with Crippen LogP contribution in [0.1, 0.15) is 29.8 Å². The van der Waals surface area contributed by atoms with Gasteiger partial charge < -0.3 is 20.3 Å². The molecule has 5 heteroatoms. The Labute approximate surface area is 99.3 Å². The van der Waals surface area contributed by atoms with Gasteiger partial charge in [-0.15, -0.1) is 0 Å². The predicted octanol–water partition coefficient (Wildman–Crippen LogP) is 1.19. The van der Waals surface area contributed by atoms with E-state index in [1.54, 1.807) is 4.57 Å². The highest BCUT2D eigenvalue weighted by atomic mass is 16.5. The monoisotopic (exact) mass is 236 g/mol. The molecule has 3 rings (SSSR count). The second-order valence-electron chi connectivity index (χ2n) is 4.45. The topological polar surface area (TPSA) is 66.7 Å². The molecule has 2 aliphatic rings. The lowest BCUT2D eigenvalue weighted by Crippen LogP contribution is -2.11. The summed E-state index contributed by atoms with van der Waals surface area (Å²) in [5.74, 6) is 0.288. The van der Waals surface area contributed by atoms with Gasteiger partial charge in [-0.3, -0.25) is 4.57 Å². The molecule has 2 aliphatic heterocycles. The molecule has 2 atom stereocenters. The molecule has 0 spiro atoms. The molecule has 2 unspecified atom stereocenters. The van der Waals surface area contributed by atoms with E-state index in [4.69, 9.17) is 4.74 Å². The van der Waals surface area contributed by atoms with Gasteiger partial charge in [0, 0.05) is 6.54 Å². The summed E-state index contributed by atoms with van der Waals surface area (Å²) in [6, 6.07) is 0. The fourth-order valence-electron chi connectivity index (χ4n) is 2.60. The van der Waals surface area contributed by atoms with Crippen molar-refractivity contribution < 1.29 is 14.9 Å². The number of aromatic hydroxyl groups is 2. The molecule has 17 heavy (non-hydrogen) atoms. The lowest BCUT2D eigenvalue weighted by molar-refractivity contribution is 0.0837. The third-order valence-corrected chi connectivity index (χ3v) is 3.41. The minimum atomic E-state index is -0.188. The number of aromatic nitrogens is 1. The van der Waals surface area contributed by atoms with Crippen LogP contribution in [0.3, 0.4) is 0 Å². The highest BCUT2D eigenvalue weighted by Crippen LogP contribution is 2.54. The Morgan fingerprint density at radius 1 is 1.24 bits per heavy atom. The van der Waals surface area contributed by atoms with Crippen molar-refractivity contribution in [2.24, 2.45) is 0 Å². The van der Waals surface area contributed by atoms with Gasteiger partial charge in [0.1, 0.15) is 12.2 Å². The molecule has 0 saturated heterocycles. The van der Waals surface area contributed by atoms with E-state index in [-0.39, 0.29) is 24.0 Å². The van der Waals surface area contributed by atoms with Gasteiger partial charge in [0.15, 0.2) is 0 Å². The molecule has 1 aromatic heterocycles. The van der Waals surface area contributed by atoms with Gasteiger partial charge in [0.25, 0.3) is 0 Å². The van der Waals surface area contributed by atoms with E-state index in [1.165, 1.54) is 0 Å². The summed E-state index contributed by atoms with van der Waals surface area (Å²) in [5, 5.41) is 23.3. The van der Waals surface area contributed by atoms with Crippen LogP contribution in [0.5, 0.6) is 11.8 Å². The summed E-state index contributed by atoms with van der Waals surface area (Å²) in [5.41, 5.74) is 1.47. The van der Waals surface area contributed by atoms with E-state index >= 15 is 0 Å². The first-order valence-electron chi connectivity index (χ1n) is 5.86. The van der Waals surface area contributed by atoms with Gasteiger partial charge in [-0.05, 0) is 20.0 Å². The molecule has 3 heterocycles. The Bertz CT molecular complexity index is 443. The molecule has 0 saturated carbocycles. The summed E-state index contributed by atoms with van der Waals surface area (Å²) < 4.78 is 7.14. The zero-order valence-electron chi connectivity index (χ0n) is 9.68. The quantitative estimate of drug-likeness (QED) is 0.542. The second-order valence-corrected chi connectivity index (χ2v) is 4.45. The van der Waals surface area contributed by atoms with Crippen molar-refractivity contribution in [3.05, 3.63) is 23.3 Å². The van der Waals surface area contributed by atoms with Crippen LogP contribution >= 0.6 is 0 Å². The third kappa shape index (κ3) is 1.39. The maximum atomic E-state index is 10.1. The van der Waals surface area contributed by atoms with E-state index in [9.17, 15) is 10.2 Å². The number of fused-ring (bicyclic) bond motifs is 5. The van der Waals surface area contributed by atoms with Crippen LogP contribution in [0.2, 0.25) is 0 Å². The van der Waals surface area contributed by atoms with Gasteiger partial charge in [-0.1, -0.05) is 12.2 Å². The maximum Gasteiger partial charge on any atom is 0.200 e. The number of hydrogen-bond acceptors (Lipinski definition) is 4. The summed E-state index contributed by atoms with van der Waals surface area (Å²) in [6.07, 6.45) is 4.32. The molecule has 0 fully saturated rings. The summed E-state index contributed by atoms with van der Waals surface area (Å²) >= 11 is 0. The van der Waals surface area contributed by atoms with E-state index < -0.39 is 0 Å². The molecule has 0 radical (unpaired) electrons. The average Bonchev–Trinajstić information content (AvgIpc) is 2.97. The zero-order chi connectivity index (χ0) is 12.0. The zero-order valence-corrected chi connectivity index (χ0v) is 9.68. The minimum Gasteiger partial charge on any atom is -0.494 e. The lowest BCUT2D eigenvalue weighted by Gasteiger charge is -2.09. The second kappa shape index (κ2) is 3.78. The van der Waals surface area contributed by atoms with E-state index in [2.05, 4.69) is 5.32 Å². The molecular weight excluding hydrogens is 220 g/mol. The van der Waals surface area contributed by atoms with Crippen LogP contribution in [-0.4, -0.2) is 28.4 Å². The third-order valence-electron chi connectivity index (χ3n) is 3.41. The van der Waals surface area contributed by atoms with Crippen LogP contribution in [0.25, 0.3) is 0 Å². The molecule has 92 valence electrons. The van der Waals surface area contributed by atoms with Crippen molar-refractivity contribution >= 4 is 0 Å². The molecule has 0 aliphatic carbocycles. The molecule has 2 bridgehead atoms. The molecule has 5 nitrogen and oxygen atoms in total. The molecular formula is C12H16N2O3. The first-order valence-corrected chi connectivity index (χ1v) is 5.86. The van der Waals surface area contributed by atoms with Crippen LogP contribution in [-0.2, 0) is 11.3 Å². The van der Waals surface area contributed by atoms with Crippen molar-refractivity contribution in [2.45, 2.75) is 25.2 Å². The van der Waals surface area contributed by atoms with Crippen molar-refractivity contribution in [1.82, 2.24) is 9.88 Å². The Balaban J connectivity index is 1.92. The predicted molar refractivity (Wildman–Crippen MR) is 62.0 cm³/mol. The highest BCUT2D eigenvalue weighted by molar-refractivity contribution is 5.55. The van der Waals surface area contributed by atoms with Crippen molar-refractivity contribution in [3.8, 4) is 11.8 Å². The van der Waals surface area contributed by atoms with Crippen molar-refractivity contribution in [1.29, 1.82) is 0 Å². The van der Waals surface area contributed by atoms with Gasteiger partial charge in [-0.2, -0.15) is 0 Å². The fourth-order valence-corrected chi connectivity index (χ4v) is 2.60. The number of ether oxygens (including phenoxy) is 1. The number of nitrogens with zero attached hydrogens (tertiary/aromatic N) is 1. The number of nitrogens with one attached hydrogen (secondary N) is 1. The van der Waals surface area contributed by atoms with Gasteiger partial charge in [0.2, 0.25) is 11.8 Å². The normalized spacial score (nSPS) is 24.5. The van der Waals surface area contributed by atoms with Gasteiger partial charge in [-0.25, -0.2) is 0 Å². The highest BCUT2D eigenvalue weighted by Gasteiger charge is 2.41. The first-order chi connectivity index (χ1) is 8.24. The first kappa shape index (κ1) is 10.7. The smallest absolute Gasteiger partial charge is 0.200 e.